The van der Waals surface area contributed by atoms with Crippen molar-refractivity contribution in [3.63, 3.8) is 0 Å². The van der Waals surface area contributed by atoms with Crippen LogP contribution in [-0.4, -0.2) is 25.9 Å². The molecule has 2 saturated carbocycles. The van der Waals surface area contributed by atoms with E-state index in [-0.39, 0.29) is 28.6 Å². The maximum atomic E-state index is 2.96. The monoisotopic (exact) mass is 952 g/mol. The Morgan fingerprint density at radius 3 is 1.51 bits per heavy atom. The number of fused-ring (bicyclic) bond motifs is 10. The van der Waals surface area contributed by atoms with Gasteiger partial charge in [-0.05, 0) is 143 Å². The Morgan fingerprint density at radius 1 is 0.403 bits per heavy atom. The van der Waals surface area contributed by atoms with Crippen LogP contribution in [0.15, 0.2) is 176 Å². The Bertz CT molecular complexity index is 3490. The van der Waals surface area contributed by atoms with Gasteiger partial charge in [-0.15, -0.1) is 0 Å². The molecular weight excluding hydrogens is 886 g/mol. The molecular formula is C67H66BN3Si. The first kappa shape index (κ1) is 44.2. The van der Waals surface area contributed by atoms with Crippen molar-refractivity contribution in [2.45, 2.75) is 121 Å². The van der Waals surface area contributed by atoms with Gasteiger partial charge in [0.15, 0.2) is 0 Å². The molecule has 4 unspecified atom stereocenters. The molecule has 4 aliphatic heterocycles. The third-order valence-electron chi connectivity index (χ3n) is 19.7. The fraction of sp³-hybridized carbons (Fsp3) is 0.284. The summed E-state index contributed by atoms with van der Waals surface area (Å²) in [6, 6.07) is 68.2. The normalized spacial score (nSPS) is 24.3. The van der Waals surface area contributed by atoms with Crippen LogP contribution in [0, 0.1) is 0 Å². The Morgan fingerprint density at radius 2 is 0.903 bits per heavy atom. The molecule has 8 aromatic carbocycles. The molecule has 0 N–H and O–H groups in total. The van der Waals surface area contributed by atoms with Gasteiger partial charge in [0.25, 0.3) is 6.71 Å². The van der Waals surface area contributed by atoms with Gasteiger partial charge in [0, 0.05) is 50.6 Å². The van der Waals surface area contributed by atoms with Crippen molar-refractivity contribution in [2.75, 3.05) is 14.7 Å². The van der Waals surface area contributed by atoms with Gasteiger partial charge in [-0.2, -0.15) is 0 Å². The van der Waals surface area contributed by atoms with Crippen LogP contribution in [0.3, 0.4) is 0 Å². The summed E-state index contributed by atoms with van der Waals surface area (Å²) < 4.78 is 0. The van der Waals surface area contributed by atoms with E-state index in [1.807, 2.05) is 0 Å². The van der Waals surface area contributed by atoms with E-state index in [4.69, 9.17) is 0 Å². The second-order valence-electron chi connectivity index (χ2n) is 24.3. The molecule has 4 heterocycles. The second-order valence-corrected chi connectivity index (χ2v) is 29.4. The number of anilines is 7. The Balaban J connectivity index is 1.09. The number of rotatable bonds is 6. The summed E-state index contributed by atoms with van der Waals surface area (Å²) in [6.45, 7) is 18.3. The van der Waals surface area contributed by atoms with Crippen LogP contribution >= 0.6 is 0 Å². The minimum atomic E-state index is -1.77. The minimum Gasteiger partial charge on any atom is -0.335 e. The van der Waals surface area contributed by atoms with E-state index in [0.717, 1.165) is 6.42 Å². The second kappa shape index (κ2) is 15.5. The zero-order valence-electron chi connectivity index (χ0n) is 43.3. The van der Waals surface area contributed by atoms with Crippen LogP contribution in [0.4, 0.5) is 39.8 Å². The summed E-state index contributed by atoms with van der Waals surface area (Å²) in [5, 5.41) is 1.58. The third-order valence-corrected chi connectivity index (χ3v) is 21.7. The minimum absolute atomic E-state index is 0.00501. The number of hydrogen-bond acceptors (Lipinski definition) is 3. The van der Waals surface area contributed by atoms with E-state index < -0.39 is 8.07 Å². The highest BCUT2D eigenvalue weighted by atomic mass is 28.3. The quantitative estimate of drug-likeness (QED) is 0.154. The van der Waals surface area contributed by atoms with Gasteiger partial charge in [0.05, 0.1) is 19.2 Å². The molecule has 6 aliphatic rings. The van der Waals surface area contributed by atoms with Crippen LogP contribution in [-0.2, 0) is 10.8 Å². The van der Waals surface area contributed by atoms with Crippen LogP contribution in [0.25, 0.3) is 33.4 Å². The van der Waals surface area contributed by atoms with E-state index >= 15 is 0 Å². The smallest absolute Gasteiger partial charge is 0.252 e. The molecule has 0 amide bonds. The molecule has 14 rings (SSSR count). The van der Waals surface area contributed by atoms with Gasteiger partial charge < -0.3 is 14.7 Å². The lowest BCUT2D eigenvalue weighted by molar-refractivity contribution is 0.194. The van der Waals surface area contributed by atoms with Crippen molar-refractivity contribution in [3.8, 4) is 33.4 Å². The fourth-order valence-electron chi connectivity index (χ4n) is 15.4. The summed E-state index contributed by atoms with van der Waals surface area (Å²) >= 11 is 0. The molecule has 2 fully saturated rings. The lowest BCUT2D eigenvalue weighted by Crippen LogP contribution is -2.65. The van der Waals surface area contributed by atoms with E-state index in [1.54, 1.807) is 10.8 Å². The van der Waals surface area contributed by atoms with Crippen LogP contribution in [0.5, 0.6) is 0 Å². The number of hydrogen-bond donors (Lipinski definition) is 0. The maximum Gasteiger partial charge on any atom is 0.252 e. The van der Waals surface area contributed by atoms with Crippen LogP contribution in [0.1, 0.15) is 90.2 Å². The molecule has 0 spiro atoms. The van der Waals surface area contributed by atoms with Gasteiger partial charge in [0.2, 0.25) is 0 Å². The van der Waals surface area contributed by atoms with Crippen molar-refractivity contribution < 1.29 is 0 Å². The lowest BCUT2D eigenvalue weighted by Gasteiger charge is -2.53. The standard InChI is InChI=1S/C67H66BN3Si/c1-64-35-17-19-37-66(64,3)70(58-33-29-49(39-54(58)64)46-23-13-9-14-24-46)52-41-60-62-61(42-52)71-63-55(65(2)36-18-20-38-67(65,71)4)43-53(72(5,6)7)44-57(63)68(62)56-40-50(47-25-15-10-16-26-47)30-34-59(56)69(60)51-31-27-48(28-32-51)45-21-11-8-12-22-45/h8-16,21-34,39-44H,17-20,35-38H2,1-7H3. The average molecular weight is 952 g/mol. The summed E-state index contributed by atoms with van der Waals surface area (Å²) in [5.74, 6) is 0. The summed E-state index contributed by atoms with van der Waals surface area (Å²) in [7, 11) is -1.77. The molecule has 0 aromatic heterocycles. The molecule has 2 aliphatic carbocycles. The predicted octanol–water partition coefficient (Wildman–Crippen LogP) is 15.3. The van der Waals surface area contributed by atoms with Crippen molar-refractivity contribution in [3.05, 3.63) is 187 Å². The molecule has 0 bridgehead atoms. The highest BCUT2D eigenvalue weighted by Crippen LogP contribution is 2.65. The first-order valence-electron chi connectivity index (χ1n) is 27.1. The largest absolute Gasteiger partial charge is 0.335 e. The van der Waals surface area contributed by atoms with E-state index in [0.29, 0.717) is 0 Å². The van der Waals surface area contributed by atoms with E-state index in [1.165, 1.54) is 140 Å². The van der Waals surface area contributed by atoms with Crippen LogP contribution in [0.2, 0.25) is 19.6 Å². The van der Waals surface area contributed by atoms with Gasteiger partial charge in [0.1, 0.15) is 0 Å². The fourth-order valence-corrected chi connectivity index (χ4v) is 16.5. The summed E-state index contributed by atoms with van der Waals surface area (Å²) in [6.07, 6.45) is 9.73. The Labute approximate surface area is 429 Å². The first-order valence-corrected chi connectivity index (χ1v) is 30.6. The average Bonchev–Trinajstić information content (AvgIpc) is 3.75. The predicted molar refractivity (Wildman–Crippen MR) is 311 cm³/mol. The van der Waals surface area contributed by atoms with Crippen molar-refractivity contribution in [2.24, 2.45) is 0 Å². The SMILES string of the molecule is CC12CCCCC1(C)N(c1cc3c4c(c1)N1c5c(cc([Si](C)(C)C)cc5C5(C)CCCCC15C)B4c1cc(-c4ccccc4)ccc1N3c1ccc(-c3ccccc3)cc1)c1ccc(-c3ccccc3)cc12. The van der Waals surface area contributed by atoms with Crippen molar-refractivity contribution in [1.82, 2.24) is 0 Å². The molecule has 356 valence electrons. The molecule has 0 radical (unpaired) electrons. The molecule has 5 heteroatoms. The van der Waals surface area contributed by atoms with Gasteiger partial charge in [-0.25, -0.2) is 0 Å². The third kappa shape index (κ3) is 5.98. The number of benzene rings is 8. The summed E-state index contributed by atoms with van der Waals surface area (Å²) in [5.41, 5.74) is 24.2. The zero-order chi connectivity index (χ0) is 48.9. The molecule has 4 atom stereocenters. The highest BCUT2D eigenvalue weighted by molar-refractivity contribution is 7.01. The molecule has 72 heavy (non-hydrogen) atoms. The van der Waals surface area contributed by atoms with Gasteiger partial charge in [-0.3, -0.25) is 0 Å². The molecule has 8 aromatic rings. The Kier molecular flexibility index (Phi) is 9.50. The highest BCUT2D eigenvalue weighted by Gasteiger charge is 2.63. The van der Waals surface area contributed by atoms with Crippen molar-refractivity contribution in [1.29, 1.82) is 0 Å². The maximum absolute atomic E-state index is 2.96. The van der Waals surface area contributed by atoms with E-state index in [9.17, 15) is 0 Å². The first-order chi connectivity index (χ1) is 34.8. The summed E-state index contributed by atoms with van der Waals surface area (Å²) in [4.78, 5) is 8.49. The van der Waals surface area contributed by atoms with Gasteiger partial charge >= 0.3 is 0 Å². The zero-order valence-corrected chi connectivity index (χ0v) is 44.3. The number of nitrogens with zero attached hydrogens (tertiary/aromatic N) is 3. The topological polar surface area (TPSA) is 9.72 Å². The van der Waals surface area contributed by atoms with E-state index in [2.05, 4.69) is 238 Å². The molecule has 3 nitrogen and oxygen atoms in total. The molecule has 0 saturated heterocycles. The van der Waals surface area contributed by atoms with Gasteiger partial charge in [-0.1, -0.05) is 198 Å². The Hall–Kier alpha value is -6.56. The van der Waals surface area contributed by atoms with Crippen LogP contribution < -0.4 is 36.3 Å². The van der Waals surface area contributed by atoms with Crippen molar-refractivity contribution >= 4 is 76.2 Å². The lowest BCUT2D eigenvalue weighted by atomic mass is 9.33.